The van der Waals surface area contributed by atoms with Crippen molar-refractivity contribution in [3.05, 3.63) is 47.3 Å². The van der Waals surface area contributed by atoms with E-state index in [1.807, 2.05) is 10.9 Å². The molecule has 0 bridgehead atoms. The van der Waals surface area contributed by atoms with Crippen molar-refractivity contribution in [2.75, 3.05) is 13.7 Å². The van der Waals surface area contributed by atoms with Crippen LogP contribution in [-0.2, 0) is 21.4 Å². The van der Waals surface area contributed by atoms with Crippen LogP contribution >= 0.6 is 0 Å². The number of rotatable bonds is 5. The smallest absolute Gasteiger partial charge is 0.222 e. The zero-order chi connectivity index (χ0) is 18.7. The zero-order valence-corrected chi connectivity index (χ0v) is 16.2. The average molecular weight is 355 g/mol. The summed E-state index contributed by atoms with van der Waals surface area (Å²) in [5.41, 5.74) is 4.87. The van der Waals surface area contributed by atoms with E-state index < -0.39 is 0 Å². The Balaban J connectivity index is 1.81. The summed E-state index contributed by atoms with van der Waals surface area (Å²) in [6, 6.07) is 8.67. The molecule has 1 atom stereocenters. The maximum absolute atomic E-state index is 12.1. The number of ether oxygens (including phenoxy) is 1. The average Bonchev–Trinajstić information content (AvgIpc) is 3.04. The number of nitrogens with zero attached hydrogens (tertiary/aromatic N) is 2. The van der Waals surface area contributed by atoms with Crippen molar-refractivity contribution < 1.29 is 9.53 Å². The third kappa shape index (κ3) is 3.98. The zero-order valence-electron chi connectivity index (χ0n) is 16.2. The van der Waals surface area contributed by atoms with Crippen LogP contribution < -0.4 is 5.32 Å². The molecule has 0 unspecified atom stereocenters. The lowest BCUT2D eigenvalue weighted by Gasteiger charge is -2.24. The molecule has 2 aromatic rings. The normalized spacial score (nSPS) is 17.0. The third-order valence-corrected chi connectivity index (χ3v) is 5.03. The molecule has 140 valence electrons. The number of carbonyl (C=O) groups is 1. The summed E-state index contributed by atoms with van der Waals surface area (Å²) >= 11 is 0. The Morgan fingerprint density at radius 2 is 2.04 bits per heavy atom. The van der Waals surface area contributed by atoms with Crippen molar-refractivity contribution in [3.8, 4) is 5.69 Å². The fourth-order valence-electron chi connectivity index (χ4n) is 3.49. The monoisotopic (exact) mass is 355 g/mol. The Bertz CT molecular complexity index is 757. The van der Waals surface area contributed by atoms with E-state index in [-0.39, 0.29) is 17.4 Å². The minimum atomic E-state index is 0.0342. The van der Waals surface area contributed by atoms with Gasteiger partial charge in [-0.15, -0.1) is 0 Å². The first-order chi connectivity index (χ1) is 12.4. The molecule has 1 heterocycles. The second-order valence-electron chi connectivity index (χ2n) is 8.01. The maximum atomic E-state index is 12.1. The number of fused-ring (bicyclic) bond motifs is 1. The third-order valence-electron chi connectivity index (χ3n) is 5.03. The molecule has 3 rings (SSSR count). The number of hydrogen-bond acceptors (Lipinski definition) is 3. The summed E-state index contributed by atoms with van der Waals surface area (Å²) in [6.07, 6.45) is 5.30. The predicted molar refractivity (Wildman–Crippen MR) is 103 cm³/mol. The number of hydrogen-bond donors (Lipinski definition) is 1. The number of methoxy groups -OCH3 is 1. The molecule has 1 aromatic carbocycles. The molecule has 0 saturated heterocycles. The molecule has 0 saturated carbocycles. The molecule has 0 spiro atoms. The first-order valence-corrected chi connectivity index (χ1v) is 9.36. The van der Waals surface area contributed by atoms with E-state index in [2.05, 4.69) is 55.5 Å². The largest absolute Gasteiger partial charge is 0.384 e. The van der Waals surface area contributed by atoms with Crippen LogP contribution in [0.25, 0.3) is 5.69 Å². The topological polar surface area (TPSA) is 56.1 Å². The highest BCUT2D eigenvalue weighted by molar-refractivity contribution is 5.76. The van der Waals surface area contributed by atoms with Crippen LogP contribution in [0.15, 0.2) is 30.5 Å². The van der Waals surface area contributed by atoms with Gasteiger partial charge in [0.2, 0.25) is 5.91 Å². The van der Waals surface area contributed by atoms with Gasteiger partial charge in [0.1, 0.15) is 0 Å². The van der Waals surface area contributed by atoms with Crippen LogP contribution in [0.1, 0.15) is 62.9 Å². The van der Waals surface area contributed by atoms with Gasteiger partial charge in [-0.2, -0.15) is 5.10 Å². The van der Waals surface area contributed by atoms with Crippen LogP contribution in [0.3, 0.4) is 0 Å². The molecular formula is C21H29N3O2. The van der Waals surface area contributed by atoms with Gasteiger partial charge in [0.15, 0.2) is 0 Å². The van der Waals surface area contributed by atoms with Gasteiger partial charge in [-0.25, -0.2) is 4.68 Å². The number of benzene rings is 1. The highest BCUT2D eigenvalue weighted by Crippen LogP contribution is 2.31. The quantitative estimate of drug-likeness (QED) is 0.890. The Morgan fingerprint density at radius 3 is 2.69 bits per heavy atom. The lowest BCUT2D eigenvalue weighted by atomic mass is 9.87. The summed E-state index contributed by atoms with van der Waals surface area (Å²) in [5.74, 6) is 0.0342. The lowest BCUT2D eigenvalue weighted by molar-refractivity contribution is -0.122. The van der Waals surface area contributed by atoms with E-state index in [1.54, 1.807) is 7.11 Å². The summed E-state index contributed by atoms with van der Waals surface area (Å²) in [7, 11) is 1.61. The molecule has 0 fully saturated rings. The fourth-order valence-corrected chi connectivity index (χ4v) is 3.49. The molecule has 0 aliphatic heterocycles. The summed E-state index contributed by atoms with van der Waals surface area (Å²) < 4.78 is 7.01. The van der Waals surface area contributed by atoms with Gasteiger partial charge in [-0.3, -0.25) is 4.79 Å². The molecule has 1 aliphatic rings. The second-order valence-corrected chi connectivity index (χ2v) is 8.01. The van der Waals surface area contributed by atoms with Crippen LogP contribution in [0.2, 0.25) is 0 Å². The molecule has 5 heteroatoms. The van der Waals surface area contributed by atoms with Crippen molar-refractivity contribution in [3.63, 3.8) is 0 Å². The van der Waals surface area contributed by atoms with Crippen molar-refractivity contribution in [1.82, 2.24) is 15.1 Å². The van der Waals surface area contributed by atoms with Gasteiger partial charge in [0.25, 0.3) is 0 Å². The molecule has 1 aliphatic carbocycles. The summed E-state index contributed by atoms with van der Waals surface area (Å²) in [6.45, 7) is 7.10. The molecule has 26 heavy (non-hydrogen) atoms. The SMILES string of the molecule is COCCC(=O)N[C@H]1CCCc2c1cnn2-c1ccc(C(C)(C)C)cc1. The van der Waals surface area contributed by atoms with Crippen molar-refractivity contribution in [2.24, 2.45) is 0 Å². The van der Waals surface area contributed by atoms with Crippen molar-refractivity contribution in [1.29, 1.82) is 0 Å². The van der Waals surface area contributed by atoms with Crippen LogP contribution in [0, 0.1) is 0 Å². The van der Waals surface area contributed by atoms with E-state index in [0.717, 1.165) is 30.5 Å². The van der Waals surface area contributed by atoms with Crippen LogP contribution in [0.4, 0.5) is 0 Å². The minimum absolute atomic E-state index is 0.0342. The van der Waals surface area contributed by atoms with Gasteiger partial charge in [0, 0.05) is 24.8 Å². The molecule has 1 aromatic heterocycles. The minimum Gasteiger partial charge on any atom is -0.384 e. The summed E-state index contributed by atoms with van der Waals surface area (Å²) in [4.78, 5) is 12.1. The van der Waals surface area contributed by atoms with Gasteiger partial charge in [-0.1, -0.05) is 32.9 Å². The first kappa shape index (κ1) is 18.6. The van der Waals surface area contributed by atoms with E-state index in [0.29, 0.717) is 13.0 Å². The number of amides is 1. The highest BCUT2D eigenvalue weighted by atomic mass is 16.5. The highest BCUT2D eigenvalue weighted by Gasteiger charge is 2.26. The Labute approximate surface area is 155 Å². The summed E-state index contributed by atoms with van der Waals surface area (Å²) in [5, 5.41) is 7.75. The van der Waals surface area contributed by atoms with Crippen LogP contribution in [0.5, 0.6) is 0 Å². The van der Waals surface area contributed by atoms with Gasteiger partial charge in [-0.05, 0) is 42.4 Å². The molecule has 0 radical (unpaired) electrons. The molecule has 5 nitrogen and oxygen atoms in total. The van der Waals surface area contributed by atoms with Crippen LogP contribution in [-0.4, -0.2) is 29.4 Å². The van der Waals surface area contributed by atoms with Crippen molar-refractivity contribution in [2.45, 2.75) is 57.9 Å². The fraction of sp³-hybridized carbons (Fsp3) is 0.524. The number of aromatic nitrogens is 2. The Morgan fingerprint density at radius 1 is 1.31 bits per heavy atom. The van der Waals surface area contributed by atoms with Gasteiger partial charge < -0.3 is 10.1 Å². The van der Waals surface area contributed by atoms with Gasteiger partial charge in [0.05, 0.1) is 24.5 Å². The Hall–Kier alpha value is -2.14. The first-order valence-electron chi connectivity index (χ1n) is 9.36. The lowest BCUT2D eigenvalue weighted by Crippen LogP contribution is -2.31. The van der Waals surface area contributed by atoms with Crippen molar-refractivity contribution >= 4 is 5.91 Å². The van der Waals surface area contributed by atoms with E-state index in [1.165, 1.54) is 11.3 Å². The number of carbonyl (C=O) groups excluding carboxylic acids is 1. The van der Waals surface area contributed by atoms with Gasteiger partial charge >= 0.3 is 0 Å². The second kappa shape index (κ2) is 7.62. The standard InChI is InChI=1S/C21H29N3O2/c1-21(2,3)15-8-10-16(11-9-15)24-19-7-5-6-18(17(19)14-22-24)23-20(25)12-13-26-4/h8-11,14,18H,5-7,12-13H2,1-4H3,(H,23,25)/t18-/m0/s1. The predicted octanol–water partition coefficient (Wildman–Crippen LogP) is 3.70. The van der Waals surface area contributed by atoms with E-state index >= 15 is 0 Å². The van der Waals surface area contributed by atoms with E-state index in [9.17, 15) is 4.79 Å². The number of nitrogens with one attached hydrogen (secondary N) is 1. The molecule has 1 amide bonds. The Kier molecular flexibility index (Phi) is 5.47. The van der Waals surface area contributed by atoms with E-state index in [4.69, 9.17) is 4.74 Å². The maximum Gasteiger partial charge on any atom is 0.222 e. The molecular weight excluding hydrogens is 326 g/mol. The molecule has 1 N–H and O–H groups in total.